The third-order valence-corrected chi connectivity index (χ3v) is 4.62. The summed E-state index contributed by atoms with van der Waals surface area (Å²) in [4.78, 5) is 26.6. The SMILES string of the molecule is Cc1ccc(C)c(-n2c(=O)c3ccccc3c3ccccc3c2=O)c1. The van der Waals surface area contributed by atoms with E-state index in [2.05, 4.69) is 0 Å². The Bertz CT molecular complexity index is 1180. The standard InChI is InChI=1S/C22H17NO2/c1-14-11-12-15(2)20(13-14)23-21(24)18-9-5-3-7-16(18)17-8-4-6-10-19(17)22(23)25/h3-13H,1-2H3. The Labute approximate surface area is 144 Å². The number of hydrogen-bond donors (Lipinski definition) is 0. The summed E-state index contributed by atoms with van der Waals surface area (Å²) in [6, 6.07) is 20.6. The molecule has 4 aromatic rings. The van der Waals surface area contributed by atoms with Gasteiger partial charge in [-0.25, -0.2) is 4.57 Å². The van der Waals surface area contributed by atoms with Crippen LogP contribution in [0.5, 0.6) is 0 Å². The Morgan fingerprint density at radius 1 is 0.640 bits per heavy atom. The van der Waals surface area contributed by atoms with E-state index in [4.69, 9.17) is 0 Å². The molecular formula is C22H17NO2. The minimum absolute atomic E-state index is 0.287. The molecule has 1 heterocycles. The van der Waals surface area contributed by atoms with Crippen LogP contribution in [0.25, 0.3) is 27.2 Å². The Hall–Kier alpha value is -3.20. The van der Waals surface area contributed by atoms with E-state index < -0.39 is 0 Å². The largest absolute Gasteiger partial charge is 0.268 e. The molecule has 0 atom stereocenters. The van der Waals surface area contributed by atoms with Crippen molar-refractivity contribution < 1.29 is 0 Å². The third kappa shape index (κ3) is 2.36. The Morgan fingerprint density at radius 2 is 1.12 bits per heavy atom. The van der Waals surface area contributed by atoms with Gasteiger partial charge in [-0.1, -0.05) is 48.5 Å². The van der Waals surface area contributed by atoms with Crippen molar-refractivity contribution in [1.82, 2.24) is 4.57 Å². The van der Waals surface area contributed by atoms with E-state index in [1.807, 2.05) is 68.4 Å². The number of aromatic nitrogens is 1. The number of fused-ring (bicyclic) bond motifs is 3. The zero-order valence-electron chi connectivity index (χ0n) is 14.1. The maximum atomic E-state index is 13.3. The first-order valence-corrected chi connectivity index (χ1v) is 8.22. The normalized spacial score (nSPS) is 11.1. The zero-order valence-corrected chi connectivity index (χ0v) is 14.1. The molecule has 0 aliphatic rings. The van der Waals surface area contributed by atoms with Crippen molar-refractivity contribution in [1.29, 1.82) is 0 Å². The Balaban J connectivity index is 2.36. The van der Waals surface area contributed by atoms with Gasteiger partial charge in [-0.3, -0.25) is 9.59 Å². The molecule has 3 aromatic carbocycles. The first-order chi connectivity index (χ1) is 12.1. The van der Waals surface area contributed by atoms with Gasteiger partial charge >= 0.3 is 0 Å². The number of benzene rings is 3. The van der Waals surface area contributed by atoms with E-state index in [0.29, 0.717) is 16.5 Å². The van der Waals surface area contributed by atoms with Crippen molar-refractivity contribution in [2.75, 3.05) is 0 Å². The van der Waals surface area contributed by atoms with Gasteiger partial charge in [-0.15, -0.1) is 0 Å². The molecular weight excluding hydrogens is 310 g/mol. The first-order valence-electron chi connectivity index (χ1n) is 8.22. The van der Waals surface area contributed by atoms with Gasteiger partial charge in [-0.2, -0.15) is 0 Å². The molecule has 0 bridgehead atoms. The highest BCUT2D eigenvalue weighted by atomic mass is 16.2. The van der Waals surface area contributed by atoms with Crippen molar-refractivity contribution in [2.45, 2.75) is 13.8 Å². The molecule has 0 spiro atoms. The van der Waals surface area contributed by atoms with Crippen LogP contribution in [-0.4, -0.2) is 4.57 Å². The maximum absolute atomic E-state index is 13.3. The van der Waals surface area contributed by atoms with E-state index >= 15 is 0 Å². The summed E-state index contributed by atoms with van der Waals surface area (Å²) >= 11 is 0. The lowest BCUT2D eigenvalue weighted by atomic mass is 10.1. The molecule has 0 radical (unpaired) electrons. The Kier molecular flexibility index (Phi) is 3.50. The monoisotopic (exact) mass is 327 g/mol. The lowest BCUT2D eigenvalue weighted by Gasteiger charge is -2.08. The summed E-state index contributed by atoms with van der Waals surface area (Å²) in [5.74, 6) is 0. The van der Waals surface area contributed by atoms with Gasteiger partial charge in [0.15, 0.2) is 0 Å². The average Bonchev–Trinajstić information content (AvgIpc) is 2.72. The van der Waals surface area contributed by atoms with Crippen LogP contribution in [0.2, 0.25) is 0 Å². The molecule has 0 saturated heterocycles. The summed E-state index contributed by atoms with van der Waals surface area (Å²) in [5, 5.41) is 2.68. The Morgan fingerprint density at radius 3 is 1.64 bits per heavy atom. The van der Waals surface area contributed by atoms with Crippen molar-refractivity contribution in [2.24, 2.45) is 0 Å². The lowest BCUT2D eigenvalue weighted by molar-refractivity contribution is 0.961. The lowest BCUT2D eigenvalue weighted by Crippen LogP contribution is -2.29. The van der Waals surface area contributed by atoms with Crippen LogP contribution < -0.4 is 11.1 Å². The van der Waals surface area contributed by atoms with E-state index in [0.717, 1.165) is 21.9 Å². The fourth-order valence-corrected chi connectivity index (χ4v) is 3.32. The van der Waals surface area contributed by atoms with Crippen LogP contribution in [0.1, 0.15) is 11.1 Å². The highest BCUT2D eigenvalue weighted by molar-refractivity contribution is 6.05. The summed E-state index contributed by atoms with van der Waals surface area (Å²) in [6.07, 6.45) is 0. The molecule has 25 heavy (non-hydrogen) atoms. The molecule has 0 aliphatic carbocycles. The number of rotatable bonds is 1. The quantitative estimate of drug-likeness (QED) is 0.527. The van der Waals surface area contributed by atoms with Crippen molar-refractivity contribution in [3.05, 3.63) is 98.6 Å². The second-order valence-electron chi connectivity index (χ2n) is 6.33. The van der Waals surface area contributed by atoms with Crippen molar-refractivity contribution >= 4 is 21.5 Å². The first kappa shape index (κ1) is 15.3. The molecule has 3 nitrogen and oxygen atoms in total. The predicted molar refractivity (Wildman–Crippen MR) is 103 cm³/mol. The van der Waals surface area contributed by atoms with E-state index in [-0.39, 0.29) is 11.1 Å². The fraction of sp³-hybridized carbons (Fsp3) is 0.0909. The van der Waals surface area contributed by atoms with Crippen molar-refractivity contribution in [3.8, 4) is 5.69 Å². The maximum Gasteiger partial charge on any atom is 0.265 e. The molecule has 0 fully saturated rings. The highest BCUT2D eigenvalue weighted by Crippen LogP contribution is 2.21. The molecule has 0 unspecified atom stereocenters. The second-order valence-corrected chi connectivity index (χ2v) is 6.33. The summed E-state index contributed by atoms with van der Waals surface area (Å²) in [5.41, 5.74) is 1.97. The average molecular weight is 327 g/mol. The van der Waals surface area contributed by atoms with Gasteiger partial charge in [0.2, 0.25) is 0 Å². The second kappa shape index (κ2) is 5.71. The fourth-order valence-electron chi connectivity index (χ4n) is 3.32. The molecule has 0 N–H and O–H groups in total. The van der Waals surface area contributed by atoms with Gasteiger partial charge in [0, 0.05) is 10.8 Å². The van der Waals surface area contributed by atoms with Crippen molar-refractivity contribution in [3.63, 3.8) is 0 Å². The summed E-state index contributed by atoms with van der Waals surface area (Å²) < 4.78 is 1.31. The minimum Gasteiger partial charge on any atom is -0.268 e. The molecule has 0 amide bonds. The minimum atomic E-state index is -0.287. The van der Waals surface area contributed by atoms with Gasteiger partial charge < -0.3 is 0 Å². The molecule has 3 heteroatoms. The van der Waals surface area contributed by atoms with Gasteiger partial charge in [0.1, 0.15) is 0 Å². The predicted octanol–water partition coefficient (Wildman–Crippen LogP) is 4.12. The summed E-state index contributed by atoms with van der Waals surface area (Å²) in [6.45, 7) is 3.87. The van der Waals surface area contributed by atoms with E-state index in [1.54, 1.807) is 12.1 Å². The third-order valence-electron chi connectivity index (χ3n) is 4.62. The zero-order chi connectivity index (χ0) is 17.6. The van der Waals surface area contributed by atoms with Crippen LogP contribution >= 0.6 is 0 Å². The number of hydrogen-bond acceptors (Lipinski definition) is 2. The molecule has 4 rings (SSSR count). The molecule has 122 valence electrons. The van der Waals surface area contributed by atoms with Gasteiger partial charge in [-0.05, 0) is 53.9 Å². The van der Waals surface area contributed by atoms with E-state index in [9.17, 15) is 9.59 Å². The van der Waals surface area contributed by atoms with Gasteiger partial charge in [0.25, 0.3) is 11.1 Å². The van der Waals surface area contributed by atoms with Crippen LogP contribution in [0.3, 0.4) is 0 Å². The van der Waals surface area contributed by atoms with Crippen LogP contribution in [0.15, 0.2) is 76.3 Å². The number of aryl methyl sites for hydroxylation is 2. The highest BCUT2D eigenvalue weighted by Gasteiger charge is 2.13. The van der Waals surface area contributed by atoms with E-state index in [1.165, 1.54) is 4.57 Å². The van der Waals surface area contributed by atoms with Crippen LogP contribution in [0.4, 0.5) is 0 Å². The van der Waals surface area contributed by atoms with Crippen LogP contribution in [-0.2, 0) is 0 Å². The summed E-state index contributed by atoms with van der Waals surface area (Å²) in [7, 11) is 0. The molecule has 1 aromatic heterocycles. The molecule has 0 saturated carbocycles. The topological polar surface area (TPSA) is 39.1 Å². The van der Waals surface area contributed by atoms with Gasteiger partial charge in [0.05, 0.1) is 5.69 Å². The number of nitrogens with zero attached hydrogens (tertiary/aromatic N) is 1. The van der Waals surface area contributed by atoms with Crippen LogP contribution in [0, 0.1) is 13.8 Å². The smallest absolute Gasteiger partial charge is 0.265 e. The molecule has 0 aliphatic heterocycles.